The third kappa shape index (κ3) is 4.83. The fourth-order valence-electron chi connectivity index (χ4n) is 4.01. The van der Waals surface area contributed by atoms with Crippen molar-refractivity contribution in [2.45, 2.75) is 19.1 Å². The second-order valence-electron chi connectivity index (χ2n) is 7.89. The lowest BCUT2D eigenvalue weighted by atomic mass is 10.0. The number of amides is 1. The van der Waals surface area contributed by atoms with Gasteiger partial charge in [0.05, 0.1) is 16.8 Å². The maximum Gasteiger partial charge on any atom is 0.251 e. The van der Waals surface area contributed by atoms with Crippen LogP contribution in [0.25, 0.3) is 22.2 Å². The van der Waals surface area contributed by atoms with Crippen LogP contribution in [-0.4, -0.2) is 40.7 Å². The van der Waals surface area contributed by atoms with Gasteiger partial charge in [0, 0.05) is 42.1 Å². The smallest absolute Gasteiger partial charge is 0.251 e. The number of nitrogens with zero attached hydrogens (tertiary/aromatic N) is 3. The molecule has 0 aliphatic heterocycles. The summed E-state index contributed by atoms with van der Waals surface area (Å²) in [5.74, 6) is 0.663. The third-order valence-electron chi connectivity index (χ3n) is 5.70. The zero-order chi connectivity index (χ0) is 23.4. The van der Waals surface area contributed by atoms with E-state index in [0.29, 0.717) is 12.1 Å². The number of aryl methyl sites for hydroxylation is 2. The molecule has 1 amide bonds. The summed E-state index contributed by atoms with van der Waals surface area (Å²) in [5, 5.41) is 7.16. The van der Waals surface area contributed by atoms with Gasteiger partial charge < -0.3 is 10.6 Å². The first-order valence-corrected chi connectivity index (χ1v) is 12.1. The van der Waals surface area contributed by atoms with Gasteiger partial charge in [0.25, 0.3) is 5.91 Å². The maximum atomic E-state index is 12.3. The highest BCUT2D eigenvalue weighted by atomic mass is 32.2. The van der Waals surface area contributed by atoms with Crippen molar-refractivity contribution >= 4 is 34.4 Å². The average Bonchev–Trinajstić information content (AvgIpc) is 2.84. The van der Waals surface area contributed by atoms with E-state index in [0.717, 1.165) is 33.5 Å². The minimum atomic E-state index is -0.113. The van der Waals surface area contributed by atoms with Crippen molar-refractivity contribution < 1.29 is 4.79 Å². The Morgan fingerprint density at radius 2 is 1.91 bits per heavy atom. The summed E-state index contributed by atoms with van der Waals surface area (Å²) < 4.78 is 0. The van der Waals surface area contributed by atoms with Crippen LogP contribution in [0, 0.1) is 13.8 Å². The number of fused-ring (bicyclic) bond motifs is 1. The van der Waals surface area contributed by atoms with Crippen LogP contribution in [0.3, 0.4) is 0 Å². The molecule has 2 aromatic heterocycles. The van der Waals surface area contributed by atoms with Crippen molar-refractivity contribution in [3.8, 4) is 11.3 Å². The van der Waals surface area contributed by atoms with Gasteiger partial charge in [-0.05, 0) is 37.3 Å². The summed E-state index contributed by atoms with van der Waals surface area (Å²) >= 11 is 1.74. The molecule has 2 aromatic carbocycles. The van der Waals surface area contributed by atoms with E-state index in [1.54, 1.807) is 37.4 Å². The van der Waals surface area contributed by atoms with Gasteiger partial charge >= 0.3 is 0 Å². The fourth-order valence-corrected chi connectivity index (χ4v) is 4.71. The van der Waals surface area contributed by atoms with Gasteiger partial charge in [-0.1, -0.05) is 42.0 Å². The predicted molar refractivity (Wildman–Crippen MR) is 137 cm³/mol. The first kappa shape index (κ1) is 22.7. The molecule has 168 valence electrons. The Balaban J connectivity index is 1.60. The monoisotopic (exact) mass is 457 g/mol. The number of carbonyl (C=O) groups excluding carboxylic acids is 1. The first-order chi connectivity index (χ1) is 16.0. The summed E-state index contributed by atoms with van der Waals surface area (Å²) in [6, 6.07) is 16.1. The van der Waals surface area contributed by atoms with E-state index in [4.69, 9.17) is 0 Å². The van der Waals surface area contributed by atoms with Crippen molar-refractivity contribution in [2.24, 2.45) is 0 Å². The summed E-state index contributed by atoms with van der Waals surface area (Å²) in [4.78, 5) is 25.8. The highest BCUT2D eigenvalue weighted by Crippen LogP contribution is 2.33. The molecule has 4 aromatic rings. The molecule has 6 nitrogen and oxygen atoms in total. The lowest BCUT2D eigenvalue weighted by Crippen LogP contribution is -2.18. The van der Waals surface area contributed by atoms with Crippen LogP contribution in [0.2, 0.25) is 0 Å². The topological polar surface area (TPSA) is 79.8 Å². The standard InChI is InChI=1S/C26H27N5OS/c1-16-8-9-18(17(2)12-16)22-13-24(31-15-30-22)29-14-23(33-4)21-7-5-6-19-20(26(32)27-3)10-11-28-25(19)21/h5-13,15,23H,14H2,1-4H3,(H,27,32)(H,29,30,31). The van der Waals surface area contributed by atoms with Crippen molar-refractivity contribution in [2.75, 3.05) is 25.2 Å². The van der Waals surface area contributed by atoms with Crippen LogP contribution < -0.4 is 10.6 Å². The molecule has 4 rings (SSSR count). The lowest BCUT2D eigenvalue weighted by Gasteiger charge is -2.18. The zero-order valence-electron chi connectivity index (χ0n) is 19.2. The van der Waals surface area contributed by atoms with Gasteiger partial charge in [0.15, 0.2) is 0 Å². The molecule has 0 aliphatic carbocycles. The molecule has 1 atom stereocenters. The molecular formula is C26H27N5OS. The van der Waals surface area contributed by atoms with Crippen LogP contribution in [0.1, 0.15) is 32.3 Å². The number of pyridine rings is 1. The fraction of sp³-hybridized carbons (Fsp3) is 0.231. The minimum absolute atomic E-state index is 0.113. The number of aromatic nitrogens is 3. The third-order valence-corrected chi connectivity index (χ3v) is 6.69. The number of hydrogen-bond acceptors (Lipinski definition) is 6. The summed E-state index contributed by atoms with van der Waals surface area (Å²) in [6.07, 6.45) is 5.37. The van der Waals surface area contributed by atoms with Gasteiger partial charge in [-0.2, -0.15) is 11.8 Å². The molecule has 2 heterocycles. The highest BCUT2D eigenvalue weighted by molar-refractivity contribution is 7.98. The number of hydrogen-bond donors (Lipinski definition) is 2. The van der Waals surface area contributed by atoms with E-state index >= 15 is 0 Å². The number of thioether (sulfide) groups is 1. The number of nitrogens with one attached hydrogen (secondary N) is 2. The predicted octanol–water partition coefficient (Wildman–Crippen LogP) is 5.18. The molecule has 7 heteroatoms. The lowest BCUT2D eigenvalue weighted by molar-refractivity contribution is 0.0964. The Morgan fingerprint density at radius 3 is 2.67 bits per heavy atom. The normalized spacial score (nSPS) is 11.9. The Labute approximate surface area is 198 Å². The zero-order valence-corrected chi connectivity index (χ0v) is 20.0. The molecule has 0 aliphatic rings. The van der Waals surface area contributed by atoms with Crippen LogP contribution in [-0.2, 0) is 0 Å². The van der Waals surface area contributed by atoms with Gasteiger partial charge in [-0.25, -0.2) is 9.97 Å². The first-order valence-electron chi connectivity index (χ1n) is 10.8. The Morgan fingerprint density at radius 1 is 1.06 bits per heavy atom. The number of carbonyl (C=O) groups is 1. The molecule has 1 unspecified atom stereocenters. The molecular weight excluding hydrogens is 430 g/mol. The highest BCUT2D eigenvalue weighted by Gasteiger charge is 2.17. The SMILES string of the molecule is CNC(=O)c1ccnc2c(C(CNc3cc(-c4ccc(C)cc4C)ncn3)SC)cccc12. The molecule has 2 N–H and O–H groups in total. The van der Waals surface area contributed by atoms with E-state index in [1.807, 2.05) is 18.2 Å². The second-order valence-corrected chi connectivity index (χ2v) is 8.93. The molecule has 0 saturated heterocycles. The molecule has 0 radical (unpaired) electrons. The number of rotatable bonds is 7. The number of benzene rings is 2. The van der Waals surface area contributed by atoms with Gasteiger partial charge in [-0.15, -0.1) is 0 Å². The van der Waals surface area contributed by atoms with E-state index in [-0.39, 0.29) is 11.2 Å². The van der Waals surface area contributed by atoms with Crippen LogP contribution >= 0.6 is 11.8 Å². The van der Waals surface area contributed by atoms with Gasteiger partial charge in [-0.3, -0.25) is 9.78 Å². The van der Waals surface area contributed by atoms with Crippen molar-refractivity contribution in [3.05, 3.63) is 83.3 Å². The van der Waals surface area contributed by atoms with Gasteiger partial charge in [0.1, 0.15) is 12.1 Å². The average molecular weight is 458 g/mol. The van der Waals surface area contributed by atoms with Crippen molar-refractivity contribution in [3.63, 3.8) is 0 Å². The summed E-state index contributed by atoms with van der Waals surface area (Å²) in [7, 11) is 1.64. The summed E-state index contributed by atoms with van der Waals surface area (Å²) in [6.45, 7) is 4.85. The Bertz CT molecular complexity index is 1310. The van der Waals surface area contributed by atoms with E-state index < -0.39 is 0 Å². The Kier molecular flexibility index (Phi) is 6.89. The van der Waals surface area contributed by atoms with Crippen LogP contribution in [0.4, 0.5) is 5.82 Å². The maximum absolute atomic E-state index is 12.3. The Hall–Kier alpha value is -3.45. The molecule has 0 fully saturated rings. The van der Waals surface area contributed by atoms with E-state index in [9.17, 15) is 4.79 Å². The second kappa shape index (κ2) is 10.0. The quantitative estimate of drug-likeness (QED) is 0.398. The molecule has 0 bridgehead atoms. The molecule has 0 saturated carbocycles. The van der Waals surface area contributed by atoms with E-state index in [1.165, 1.54) is 11.1 Å². The van der Waals surface area contributed by atoms with E-state index in [2.05, 4.69) is 70.0 Å². The molecule has 33 heavy (non-hydrogen) atoms. The van der Waals surface area contributed by atoms with Crippen molar-refractivity contribution in [1.82, 2.24) is 20.3 Å². The largest absolute Gasteiger partial charge is 0.368 e. The number of para-hydroxylation sites is 1. The van der Waals surface area contributed by atoms with Crippen LogP contribution in [0.5, 0.6) is 0 Å². The minimum Gasteiger partial charge on any atom is -0.368 e. The summed E-state index contributed by atoms with van der Waals surface area (Å²) in [5.41, 5.74) is 6.98. The molecule has 0 spiro atoms. The van der Waals surface area contributed by atoms with Crippen LogP contribution in [0.15, 0.2) is 61.1 Å². The number of anilines is 1. The van der Waals surface area contributed by atoms with Crippen molar-refractivity contribution in [1.29, 1.82) is 0 Å². The van der Waals surface area contributed by atoms with Gasteiger partial charge in [0.2, 0.25) is 0 Å².